The maximum absolute atomic E-state index is 5.36. The molecule has 1 N–H and O–H groups in total. The zero-order valence-electron chi connectivity index (χ0n) is 17.6. The van der Waals surface area contributed by atoms with Crippen LogP contribution in [0.2, 0.25) is 0 Å². The van der Waals surface area contributed by atoms with E-state index in [1.165, 1.54) is 27.8 Å². The van der Waals surface area contributed by atoms with Crippen LogP contribution in [0.5, 0.6) is 0 Å². The second kappa shape index (κ2) is 8.67. The first-order valence-corrected chi connectivity index (χ1v) is 10.5. The van der Waals surface area contributed by atoms with Gasteiger partial charge >= 0.3 is 0 Å². The van der Waals surface area contributed by atoms with E-state index < -0.39 is 0 Å². The number of nitrogens with one attached hydrogen (secondary N) is 1. The largest absolute Gasteiger partial charge is 0.363 e. The van der Waals surface area contributed by atoms with E-state index in [1.54, 1.807) is 6.33 Å². The Kier molecular flexibility index (Phi) is 5.81. The summed E-state index contributed by atoms with van der Waals surface area (Å²) in [5, 5.41) is 6.88. The van der Waals surface area contributed by atoms with E-state index >= 15 is 0 Å². The van der Waals surface area contributed by atoms with Crippen molar-refractivity contribution in [1.29, 1.82) is 0 Å². The van der Waals surface area contributed by atoms with Crippen LogP contribution in [0.1, 0.15) is 27.8 Å². The second-order valence-corrected chi connectivity index (χ2v) is 8.20. The second-order valence-electron chi connectivity index (χ2n) is 7.82. The van der Waals surface area contributed by atoms with Crippen LogP contribution in [0.25, 0.3) is 5.69 Å². The van der Waals surface area contributed by atoms with Gasteiger partial charge in [-0.05, 0) is 73.4 Å². The molecule has 0 aliphatic carbocycles. The standard InChI is InChI=1S/C25H26N4S/c1-18-6-4-7-21(12-18)15-28(16-22-11-10-19(2)20(3)13-22)23-8-5-9-24(14-23)29-17-26-27-25(29)30/h4-14,17H,15-16H2,1-3H3,(H,27,30). The van der Waals surface area contributed by atoms with Gasteiger partial charge in [-0.3, -0.25) is 9.67 Å². The summed E-state index contributed by atoms with van der Waals surface area (Å²) in [5.74, 6) is 0. The molecule has 0 unspecified atom stereocenters. The Labute approximate surface area is 182 Å². The van der Waals surface area contributed by atoms with Crippen LogP contribution >= 0.6 is 12.2 Å². The molecule has 0 saturated heterocycles. The molecule has 0 saturated carbocycles. The highest BCUT2D eigenvalue weighted by molar-refractivity contribution is 7.71. The lowest BCUT2D eigenvalue weighted by Crippen LogP contribution is -2.22. The molecule has 0 atom stereocenters. The number of H-pyrrole nitrogens is 1. The quantitative estimate of drug-likeness (QED) is 0.390. The van der Waals surface area contributed by atoms with Crippen molar-refractivity contribution in [2.75, 3.05) is 4.90 Å². The van der Waals surface area contributed by atoms with Crippen LogP contribution < -0.4 is 4.90 Å². The molecule has 1 aromatic heterocycles. The van der Waals surface area contributed by atoms with E-state index in [9.17, 15) is 0 Å². The van der Waals surface area contributed by atoms with Crippen molar-refractivity contribution in [3.8, 4) is 5.69 Å². The van der Waals surface area contributed by atoms with E-state index in [1.807, 2.05) is 4.57 Å². The SMILES string of the molecule is Cc1cccc(CN(Cc2ccc(C)c(C)c2)c2cccc(-n3cn[nH]c3=S)c2)c1. The van der Waals surface area contributed by atoms with Crippen molar-refractivity contribution >= 4 is 17.9 Å². The average Bonchev–Trinajstić information content (AvgIpc) is 3.16. The van der Waals surface area contributed by atoms with Crippen molar-refractivity contribution in [2.24, 2.45) is 0 Å². The zero-order chi connectivity index (χ0) is 21.1. The minimum absolute atomic E-state index is 0.589. The summed E-state index contributed by atoms with van der Waals surface area (Å²) in [6, 6.07) is 23.9. The first-order valence-electron chi connectivity index (χ1n) is 10.1. The van der Waals surface area contributed by atoms with Crippen molar-refractivity contribution in [2.45, 2.75) is 33.9 Å². The van der Waals surface area contributed by atoms with Crippen molar-refractivity contribution in [3.05, 3.63) is 106 Å². The molecule has 0 bridgehead atoms. The van der Waals surface area contributed by atoms with Gasteiger partial charge in [0, 0.05) is 18.8 Å². The predicted molar refractivity (Wildman–Crippen MR) is 126 cm³/mol. The monoisotopic (exact) mass is 414 g/mol. The molecule has 30 heavy (non-hydrogen) atoms. The lowest BCUT2D eigenvalue weighted by Gasteiger charge is -2.26. The third kappa shape index (κ3) is 4.52. The fourth-order valence-corrected chi connectivity index (χ4v) is 3.87. The molecular formula is C25H26N4S. The van der Waals surface area contributed by atoms with Crippen molar-refractivity contribution in [1.82, 2.24) is 14.8 Å². The fourth-order valence-electron chi connectivity index (χ4n) is 3.66. The summed E-state index contributed by atoms with van der Waals surface area (Å²) in [6.07, 6.45) is 1.72. The van der Waals surface area contributed by atoms with Gasteiger partial charge in [0.2, 0.25) is 0 Å². The normalized spacial score (nSPS) is 10.9. The van der Waals surface area contributed by atoms with Crippen molar-refractivity contribution < 1.29 is 0 Å². The highest BCUT2D eigenvalue weighted by atomic mass is 32.1. The number of benzene rings is 3. The van der Waals surface area contributed by atoms with Gasteiger partial charge in [-0.2, -0.15) is 5.10 Å². The minimum Gasteiger partial charge on any atom is -0.363 e. The first kappa shape index (κ1) is 20.1. The molecule has 4 nitrogen and oxygen atoms in total. The van der Waals surface area contributed by atoms with E-state index in [-0.39, 0.29) is 0 Å². The minimum atomic E-state index is 0.589. The van der Waals surface area contributed by atoms with E-state index in [2.05, 4.69) is 103 Å². The van der Waals surface area contributed by atoms with Gasteiger partial charge < -0.3 is 4.90 Å². The van der Waals surface area contributed by atoms with Crippen LogP contribution in [0.15, 0.2) is 73.1 Å². The summed E-state index contributed by atoms with van der Waals surface area (Å²) in [7, 11) is 0. The molecule has 0 fully saturated rings. The Bertz CT molecular complexity index is 1220. The molecule has 4 aromatic rings. The maximum atomic E-state index is 5.36. The van der Waals surface area contributed by atoms with Crippen LogP contribution in [-0.4, -0.2) is 14.8 Å². The topological polar surface area (TPSA) is 36.9 Å². The van der Waals surface area contributed by atoms with E-state index in [0.29, 0.717) is 4.77 Å². The Morgan fingerprint density at radius 1 is 0.867 bits per heavy atom. The van der Waals surface area contributed by atoms with Gasteiger partial charge in [-0.15, -0.1) is 0 Å². The smallest absolute Gasteiger partial charge is 0.199 e. The number of aromatic amines is 1. The molecule has 5 heteroatoms. The molecule has 0 spiro atoms. The van der Waals surface area contributed by atoms with Gasteiger partial charge in [0.25, 0.3) is 0 Å². The zero-order valence-corrected chi connectivity index (χ0v) is 18.4. The molecule has 1 heterocycles. The highest BCUT2D eigenvalue weighted by Crippen LogP contribution is 2.24. The molecule has 0 aliphatic rings. The Morgan fingerprint density at radius 3 is 2.33 bits per heavy atom. The van der Waals surface area contributed by atoms with Crippen LogP contribution in [0.4, 0.5) is 5.69 Å². The van der Waals surface area contributed by atoms with Gasteiger partial charge in [-0.25, -0.2) is 0 Å². The van der Waals surface area contributed by atoms with Crippen molar-refractivity contribution in [3.63, 3.8) is 0 Å². The Hall–Kier alpha value is -3.18. The third-order valence-electron chi connectivity index (χ3n) is 5.43. The van der Waals surface area contributed by atoms with Gasteiger partial charge in [0.15, 0.2) is 4.77 Å². The molecule has 0 aliphatic heterocycles. The summed E-state index contributed by atoms with van der Waals surface area (Å²) in [4.78, 5) is 2.41. The maximum Gasteiger partial charge on any atom is 0.199 e. The number of aryl methyl sites for hydroxylation is 3. The Balaban J connectivity index is 1.71. The predicted octanol–water partition coefficient (Wildman–Crippen LogP) is 6.06. The highest BCUT2D eigenvalue weighted by Gasteiger charge is 2.11. The lowest BCUT2D eigenvalue weighted by atomic mass is 10.0. The number of anilines is 1. The van der Waals surface area contributed by atoms with Crippen LogP contribution in [0.3, 0.4) is 0 Å². The summed E-state index contributed by atoms with van der Waals surface area (Å²) < 4.78 is 2.48. The summed E-state index contributed by atoms with van der Waals surface area (Å²) in [6.45, 7) is 8.12. The molecule has 0 amide bonds. The summed E-state index contributed by atoms with van der Waals surface area (Å²) in [5.41, 5.74) is 8.66. The van der Waals surface area contributed by atoms with Crippen LogP contribution in [0, 0.1) is 25.5 Å². The number of hydrogen-bond acceptors (Lipinski definition) is 3. The fraction of sp³-hybridized carbons (Fsp3) is 0.200. The van der Waals surface area contributed by atoms with Gasteiger partial charge in [-0.1, -0.05) is 54.1 Å². The summed E-state index contributed by atoms with van der Waals surface area (Å²) >= 11 is 5.36. The number of rotatable bonds is 6. The van der Waals surface area contributed by atoms with E-state index in [0.717, 1.165) is 24.5 Å². The molecule has 0 radical (unpaired) electrons. The molecular weight excluding hydrogens is 388 g/mol. The molecule has 4 rings (SSSR count). The van der Waals surface area contributed by atoms with Gasteiger partial charge in [0.05, 0.1) is 5.69 Å². The first-order chi connectivity index (χ1) is 14.5. The number of nitrogens with zero attached hydrogens (tertiary/aromatic N) is 3. The van der Waals surface area contributed by atoms with Crippen LogP contribution in [-0.2, 0) is 13.1 Å². The number of hydrogen-bond donors (Lipinski definition) is 1. The number of aromatic nitrogens is 3. The van der Waals surface area contributed by atoms with Gasteiger partial charge in [0.1, 0.15) is 6.33 Å². The molecule has 152 valence electrons. The third-order valence-corrected chi connectivity index (χ3v) is 5.71. The molecule has 3 aromatic carbocycles. The lowest BCUT2D eigenvalue weighted by molar-refractivity contribution is 0.797. The average molecular weight is 415 g/mol. The Morgan fingerprint density at radius 2 is 1.63 bits per heavy atom. The van der Waals surface area contributed by atoms with E-state index in [4.69, 9.17) is 12.2 Å².